The van der Waals surface area contributed by atoms with Crippen molar-refractivity contribution in [1.29, 1.82) is 0 Å². The molecule has 2 aromatic carbocycles. The van der Waals surface area contributed by atoms with Crippen LogP contribution in [0.3, 0.4) is 0 Å². The summed E-state index contributed by atoms with van der Waals surface area (Å²) in [5.74, 6) is -0.0355. The van der Waals surface area contributed by atoms with E-state index in [0.29, 0.717) is 43.2 Å². The Morgan fingerprint density at radius 2 is 1.44 bits per heavy atom. The second-order valence-electron chi connectivity index (χ2n) is 6.13. The van der Waals surface area contributed by atoms with Crippen molar-refractivity contribution in [2.24, 2.45) is 0 Å². The van der Waals surface area contributed by atoms with E-state index in [2.05, 4.69) is 0 Å². The average molecular weight is 372 g/mol. The Bertz CT molecular complexity index is 848. The van der Waals surface area contributed by atoms with E-state index in [9.17, 15) is 14.0 Å². The summed E-state index contributed by atoms with van der Waals surface area (Å²) in [6.45, 7) is 1.43. The zero-order valence-electron chi connectivity index (χ0n) is 15.3. The summed E-state index contributed by atoms with van der Waals surface area (Å²) in [6, 6.07) is 10.9. The molecule has 2 amide bonds. The van der Waals surface area contributed by atoms with Crippen LogP contribution in [0, 0.1) is 5.82 Å². The highest BCUT2D eigenvalue weighted by molar-refractivity contribution is 5.98. The van der Waals surface area contributed by atoms with Crippen LogP contribution in [-0.2, 0) is 0 Å². The molecule has 142 valence electrons. The molecule has 0 atom stereocenters. The average Bonchev–Trinajstić information content (AvgIpc) is 2.72. The lowest BCUT2D eigenvalue weighted by Crippen LogP contribution is -2.50. The van der Waals surface area contributed by atoms with Crippen molar-refractivity contribution in [1.82, 2.24) is 9.80 Å². The van der Waals surface area contributed by atoms with E-state index in [1.807, 2.05) is 0 Å². The topological polar surface area (TPSA) is 59.1 Å². The van der Waals surface area contributed by atoms with E-state index in [0.717, 1.165) is 0 Å². The van der Waals surface area contributed by atoms with Gasteiger partial charge in [-0.2, -0.15) is 0 Å². The van der Waals surface area contributed by atoms with Crippen LogP contribution in [-0.4, -0.2) is 62.0 Å². The number of piperazine rings is 1. The van der Waals surface area contributed by atoms with E-state index < -0.39 is 5.82 Å². The van der Waals surface area contributed by atoms with Gasteiger partial charge in [-0.3, -0.25) is 9.59 Å². The van der Waals surface area contributed by atoms with Crippen LogP contribution < -0.4 is 9.47 Å². The Hall–Kier alpha value is -3.09. The molecule has 1 heterocycles. The van der Waals surface area contributed by atoms with Crippen molar-refractivity contribution >= 4 is 11.8 Å². The Kier molecular flexibility index (Phi) is 5.59. The molecule has 27 heavy (non-hydrogen) atoms. The SMILES string of the molecule is COc1ccc(C(=O)N2CCN(C(=O)c3ccccc3F)CC2)c(OC)c1. The summed E-state index contributed by atoms with van der Waals surface area (Å²) in [4.78, 5) is 28.5. The highest BCUT2D eigenvalue weighted by Gasteiger charge is 2.28. The van der Waals surface area contributed by atoms with Gasteiger partial charge in [0.25, 0.3) is 11.8 Å². The standard InChI is InChI=1S/C20H21FN2O4/c1-26-14-7-8-16(18(13-14)27-2)20(25)23-11-9-22(10-12-23)19(24)15-5-3-4-6-17(15)21/h3-8,13H,9-12H2,1-2H3. The Morgan fingerprint density at radius 1 is 0.852 bits per heavy atom. The van der Waals surface area contributed by atoms with Crippen molar-refractivity contribution in [2.75, 3.05) is 40.4 Å². The largest absolute Gasteiger partial charge is 0.497 e. The number of amides is 2. The maximum atomic E-state index is 13.8. The number of carbonyl (C=O) groups is 2. The van der Waals surface area contributed by atoms with E-state index >= 15 is 0 Å². The highest BCUT2D eigenvalue weighted by Crippen LogP contribution is 2.26. The van der Waals surface area contributed by atoms with Crippen LogP contribution in [0.5, 0.6) is 11.5 Å². The number of ether oxygens (including phenoxy) is 2. The molecule has 1 saturated heterocycles. The molecular formula is C20H21FN2O4. The molecule has 3 rings (SSSR count). The summed E-state index contributed by atoms with van der Waals surface area (Å²) < 4.78 is 24.3. The second kappa shape index (κ2) is 8.07. The summed E-state index contributed by atoms with van der Waals surface area (Å²) in [6.07, 6.45) is 0. The quantitative estimate of drug-likeness (QED) is 0.827. The van der Waals surface area contributed by atoms with Crippen molar-refractivity contribution < 1.29 is 23.5 Å². The van der Waals surface area contributed by atoms with Crippen molar-refractivity contribution in [3.05, 3.63) is 59.4 Å². The third kappa shape index (κ3) is 3.86. The third-order valence-electron chi connectivity index (χ3n) is 4.60. The monoisotopic (exact) mass is 372 g/mol. The minimum atomic E-state index is -0.538. The molecule has 6 nitrogen and oxygen atoms in total. The first-order valence-electron chi connectivity index (χ1n) is 8.60. The normalized spacial score (nSPS) is 14.0. The molecule has 0 radical (unpaired) electrons. The van der Waals surface area contributed by atoms with E-state index in [1.54, 1.807) is 47.2 Å². The van der Waals surface area contributed by atoms with Gasteiger partial charge in [0.05, 0.1) is 25.3 Å². The zero-order valence-corrected chi connectivity index (χ0v) is 15.3. The maximum Gasteiger partial charge on any atom is 0.257 e. The van der Waals surface area contributed by atoms with Gasteiger partial charge in [0.1, 0.15) is 17.3 Å². The number of halogens is 1. The number of rotatable bonds is 4. The van der Waals surface area contributed by atoms with Gasteiger partial charge in [-0.1, -0.05) is 12.1 Å². The fourth-order valence-electron chi connectivity index (χ4n) is 3.06. The van der Waals surface area contributed by atoms with Gasteiger partial charge in [-0.15, -0.1) is 0 Å². The summed E-state index contributed by atoms with van der Waals surface area (Å²) >= 11 is 0. The Labute approximate surface area is 157 Å². The van der Waals surface area contributed by atoms with Crippen molar-refractivity contribution in [2.45, 2.75) is 0 Å². The van der Waals surface area contributed by atoms with E-state index in [-0.39, 0.29) is 17.4 Å². The molecule has 0 aliphatic carbocycles. The molecule has 0 saturated carbocycles. The fourth-order valence-corrected chi connectivity index (χ4v) is 3.06. The van der Waals surface area contributed by atoms with Gasteiger partial charge in [-0.05, 0) is 24.3 Å². The fraction of sp³-hybridized carbons (Fsp3) is 0.300. The van der Waals surface area contributed by atoms with E-state index in [4.69, 9.17) is 9.47 Å². The first-order valence-corrected chi connectivity index (χ1v) is 8.60. The second-order valence-corrected chi connectivity index (χ2v) is 6.13. The maximum absolute atomic E-state index is 13.8. The lowest BCUT2D eigenvalue weighted by molar-refractivity contribution is 0.0531. The van der Waals surface area contributed by atoms with Crippen LogP contribution >= 0.6 is 0 Å². The van der Waals surface area contributed by atoms with Gasteiger partial charge in [0.15, 0.2) is 0 Å². The van der Waals surface area contributed by atoms with Crippen molar-refractivity contribution in [3.63, 3.8) is 0 Å². The van der Waals surface area contributed by atoms with Crippen LogP contribution in [0.4, 0.5) is 4.39 Å². The Balaban J connectivity index is 1.68. The molecule has 1 aliphatic heterocycles. The van der Waals surface area contributed by atoms with Crippen LogP contribution in [0.15, 0.2) is 42.5 Å². The smallest absolute Gasteiger partial charge is 0.257 e. The number of hydrogen-bond donors (Lipinski definition) is 0. The van der Waals surface area contributed by atoms with Crippen LogP contribution in [0.25, 0.3) is 0 Å². The van der Waals surface area contributed by atoms with Gasteiger partial charge in [0, 0.05) is 32.2 Å². The van der Waals surface area contributed by atoms with E-state index in [1.165, 1.54) is 19.2 Å². The van der Waals surface area contributed by atoms with Crippen LogP contribution in [0.2, 0.25) is 0 Å². The number of benzene rings is 2. The minimum Gasteiger partial charge on any atom is -0.497 e. The molecule has 0 unspecified atom stereocenters. The van der Waals surface area contributed by atoms with Crippen molar-refractivity contribution in [3.8, 4) is 11.5 Å². The molecule has 7 heteroatoms. The minimum absolute atomic E-state index is 0.0501. The Morgan fingerprint density at radius 3 is 2.00 bits per heavy atom. The third-order valence-corrected chi connectivity index (χ3v) is 4.60. The van der Waals surface area contributed by atoms with Gasteiger partial charge in [0.2, 0.25) is 0 Å². The predicted octanol–water partition coefficient (Wildman–Crippen LogP) is 2.44. The molecule has 0 N–H and O–H groups in total. The van der Waals surface area contributed by atoms with Crippen LogP contribution in [0.1, 0.15) is 20.7 Å². The molecule has 2 aromatic rings. The zero-order chi connectivity index (χ0) is 19.4. The lowest BCUT2D eigenvalue weighted by Gasteiger charge is -2.35. The van der Waals surface area contributed by atoms with Gasteiger partial charge < -0.3 is 19.3 Å². The molecular weight excluding hydrogens is 351 g/mol. The lowest BCUT2D eigenvalue weighted by atomic mass is 10.1. The highest BCUT2D eigenvalue weighted by atomic mass is 19.1. The molecule has 1 aliphatic rings. The number of carbonyl (C=O) groups excluding carboxylic acids is 2. The molecule has 1 fully saturated rings. The first-order chi connectivity index (χ1) is 13.0. The predicted molar refractivity (Wildman–Crippen MR) is 97.8 cm³/mol. The number of methoxy groups -OCH3 is 2. The summed E-state index contributed by atoms with van der Waals surface area (Å²) in [5, 5.41) is 0. The summed E-state index contributed by atoms with van der Waals surface area (Å²) in [7, 11) is 3.04. The van der Waals surface area contributed by atoms with Gasteiger partial charge in [-0.25, -0.2) is 4.39 Å². The number of hydrogen-bond acceptors (Lipinski definition) is 4. The first kappa shape index (κ1) is 18.7. The van der Waals surface area contributed by atoms with Gasteiger partial charge >= 0.3 is 0 Å². The number of nitrogens with zero attached hydrogens (tertiary/aromatic N) is 2. The molecule has 0 spiro atoms. The molecule has 0 bridgehead atoms. The molecule has 0 aromatic heterocycles. The summed E-state index contributed by atoms with van der Waals surface area (Å²) in [5.41, 5.74) is 0.487.